The summed E-state index contributed by atoms with van der Waals surface area (Å²) in [6, 6.07) is 3.24. The third kappa shape index (κ3) is 2.24. The van der Waals surface area contributed by atoms with Gasteiger partial charge < -0.3 is 10.1 Å². The quantitative estimate of drug-likeness (QED) is 0.639. The van der Waals surface area contributed by atoms with Gasteiger partial charge in [0.05, 0.1) is 11.0 Å². The number of anilines is 1. The molecule has 94 valence electrons. The van der Waals surface area contributed by atoms with Crippen molar-refractivity contribution in [1.82, 2.24) is 4.98 Å². The minimum atomic E-state index is -0.583. The van der Waals surface area contributed by atoms with E-state index in [0.717, 1.165) is 12.8 Å². The highest BCUT2D eigenvalue weighted by atomic mass is 16.6. The van der Waals surface area contributed by atoms with Gasteiger partial charge in [-0.25, -0.2) is 4.98 Å². The van der Waals surface area contributed by atoms with Gasteiger partial charge in [-0.15, -0.1) is 0 Å². The molecule has 0 saturated heterocycles. The third-order valence-corrected chi connectivity index (χ3v) is 3.00. The first-order valence-electron chi connectivity index (χ1n) is 5.48. The zero-order valence-electron chi connectivity index (χ0n) is 9.79. The molecule has 0 aromatic carbocycles. The van der Waals surface area contributed by atoms with Gasteiger partial charge in [-0.05, 0) is 18.9 Å². The van der Waals surface area contributed by atoms with Crippen molar-refractivity contribution in [3.8, 4) is 6.07 Å². The molecule has 0 unspecified atom stereocenters. The summed E-state index contributed by atoms with van der Waals surface area (Å²) in [7, 11) is 1.64. The first-order valence-corrected chi connectivity index (χ1v) is 5.48. The van der Waals surface area contributed by atoms with Gasteiger partial charge in [-0.3, -0.25) is 10.1 Å². The van der Waals surface area contributed by atoms with E-state index in [1.165, 1.54) is 12.3 Å². The largest absolute Gasteiger partial charge is 0.381 e. The van der Waals surface area contributed by atoms with E-state index in [1.807, 2.05) is 0 Å². The fraction of sp³-hybridized carbons (Fsp3) is 0.455. The summed E-state index contributed by atoms with van der Waals surface area (Å²) in [5, 5.41) is 22.8. The molecule has 2 rings (SSSR count). The van der Waals surface area contributed by atoms with Crippen LogP contribution < -0.4 is 5.32 Å². The molecule has 0 spiro atoms. The number of nitro groups is 1. The van der Waals surface area contributed by atoms with Crippen LogP contribution in [0.3, 0.4) is 0 Å². The van der Waals surface area contributed by atoms with E-state index in [2.05, 4.69) is 10.3 Å². The smallest absolute Gasteiger partial charge is 0.328 e. The van der Waals surface area contributed by atoms with E-state index in [0.29, 0.717) is 0 Å². The fourth-order valence-corrected chi connectivity index (χ4v) is 1.90. The average molecular weight is 248 g/mol. The molecule has 1 aliphatic carbocycles. The first kappa shape index (κ1) is 12.3. The number of nitrogens with one attached hydrogen (secondary N) is 1. The molecule has 0 radical (unpaired) electrons. The van der Waals surface area contributed by atoms with Crippen LogP contribution in [0, 0.1) is 21.4 Å². The average Bonchev–Trinajstić information content (AvgIpc) is 2.32. The van der Waals surface area contributed by atoms with E-state index in [1.54, 1.807) is 13.2 Å². The van der Waals surface area contributed by atoms with Crippen LogP contribution in [-0.2, 0) is 4.74 Å². The summed E-state index contributed by atoms with van der Waals surface area (Å²) in [6.45, 7) is 0. The Bertz CT molecular complexity index is 506. The Kier molecular flexibility index (Phi) is 3.39. The highest BCUT2D eigenvalue weighted by Gasteiger charge is 2.31. The fourth-order valence-electron chi connectivity index (χ4n) is 1.90. The Balaban J connectivity index is 2.18. The van der Waals surface area contributed by atoms with Crippen LogP contribution in [0.2, 0.25) is 0 Å². The van der Waals surface area contributed by atoms with Gasteiger partial charge in [0.2, 0.25) is 5.82 Å². The minimum absolute atomic E-state index is 0.0140. The predicted molar refractivity (Wildman–Crippen MR) is 63.0 cm³/mol. The van der Waals surface area contributed by atoms with Crippen LogP contribution in [0.25, 0.3) is 0 Å². The van der Waals surface area contributed by atoms with Gasteiger partial charge >= 0.3 is 5.69 Å². The van der Waals surface area contributed by atoms with Crippen LogP contribution in [0.5, 0.6) is 0 Å². The van der Waals surface area contributed by atoms with Crippen molar-refractivity contribution in [1.29, 1.82) is 5.26 Å². The van der Waals surface area contributed by atoms with Crippen LogP contribution in [-0.4, -0.2) is 29.2 Å². The highest BCUT2D eigenvalue weighted by Crippen LogP contribution is 2.31. The molecular formula is C11H12N4O3. The molecule has 1 fully saturated rings. The molecule has 1 heterocycles. The summed E-state index contributed by atoms with van der Waals surface area (Å²) in [5.74, 6) is 0.151. The lowest BCUT2D eigenvalue weighted by Gasteiger charge is -2.34. The Morgan fingerprint density at radius 2 is 2.39 bits per heavy atom. The lowest BCUT2D eigenvalue weighted by Crippen LogP contribution is -2.40. The molecule has 0 aliphatic heterocycles. The van der Waals surface area contributed by atoms with E-state index >= 15 is 0 Å². The van der Waals surface area contributed by atoms with Crippen molar-refractivity contribution in [2.24, 2.45) is 0 Å². The van der Waals surface area contributed by atoms with E-state index in [9.17, 15) is 10.1 Å². The first-order chi connectivity index (χ1) is 8.65. The molecule has 1 saturated carbocycles. The SMILES string of the molecule is COC1CC(Nc2nccc(C#N)c2[N+](=O)[O-])C1. The van der Waals surface area contributed by atoms with Crippen LogP contribution in [0.1, 0.15) is 18.4 Å². The molecule has 1 N–H and O–H groups in total. The Morgan fingerprint density at radius 3 is 2.94 bits per heavy atom. The second kappa shape index (κ2) is 4.98. The third-order valence-electron chi connectivity index (χ3n) is 3.00. The van der Waals surface area contributed by atoms with Gasteiger partial charge in [-0.1, -0.05) is 0 Å². The van der Waals surface area contributed by atoms with Gasteiger partial charge in [0.15, 0.2) is 0 Å². The summed E-state index contributed by atoms with van der Waals surface area (Å²) in [6.07, 6.45) is 3.15. The summed E-state index contributed by atoms with van der Waals surface area (Å²) in [4.78, 5) is 14.3. The van der Waals surface area contributed by atoms with Crippen molar-refractivity contribution < 1.29 is 9.66 Å². The molecule has 1 aliphatic rings. The van der Waals surface area contributed by atoms with Gasteiger partial charge in [-0.2, -0.15) is 5.26 Å². The van der Waals surface area contributed by atoms with Crippen LogP contribution in [0.15, 0.2) is 12.3 Å². The maximum atomic E-state index is 11.0. The molecule has 1 aromatic heterocycles. The lowest BCUT2D eigenvalue weighted by atomic mass is 9.89. The van der Waals surface area contributed by atoms with Crippen molar-refractivity contribution in [2.75, 3.05) is 12.4 Å². The normalized spacial score (nSPS) is 21.8. The molecule has 18 heavy (non-hydrogen) atoms. The van der Waals surface area contributed by atoms with Crippen molar-refractivity contribution >= 4 is 11.5 Å². The summed E-state index contributed by atoms with van der Waals surface area (Å²) >= 11 is 0. The number of aromatic nitrogens is 1. The van der Waals surface area contributed by atoms with Crippen LogP contribution >= 0.6 is 0 Å². The van der Waals surface area contributed by atoms with Crippen LogP contribution in [0.4, 0.5) is 11.5 Å². The number of nitriles is 1. The van der Waals surface area contributed by atoms with Gasteiger partial charge in [0.1, 0.15) is 11.6 Å². The van der Waals surface area contributed by atoms with Crippen molar-refractivity contribution in [3.05, 3.63) is 27.9 Å². The van der Waals surface area contributed by atoms with E-state index in [-0.39, 0.29) is 29.2 Å². The lowest BCUT2D eigenvalue weighted by molar-refractivity contribution is -0.384. The molecule has 7 heteroatoms. The van der Waals surface area contributed by atoms with Gasteiger partial charge in [0.25, 0.3) is 0 Å². The Hall–Kier alpha value is -2.20. The van der Waals surface area contributed by atoms with Crippen molar-refractivity contribution in [3.63, 3.8) is 0 Å². The summed E-state index contributed by atoms with van der Waals surface area (Å²) in [5.41, 5.74) is -0.249. The monoisotopic (exact) mass is 248 g/mol. The number of nitrogens with zero attached hydrogens (tertiary/aromatic N) is 3. The summed E-state index contributed by atoms with van der Waals surface area (Å²) < 4.78 is 5.13. The maximum absolute atomic E-state index is 11.0. The Morgan fingerprint density at radius 1 is 1.67 bits per heavy atom. The number of rotatable bonds is 4. The molecular weight excluding hydrogens is 236 g/mol. The zero-order chi connectivity index (χ0) is 13.1. The zero-order valence-corrected chi connectivity index (χ0v) is 9.79. The standard InChI is InChI=1S/C11H12N4O3/c1-18-9-4-8(5-9)14-11-10(15(16)17)7(6-12)2-3-13-11/h2-3,8-9H,4-5H2,1H3,(H,13,14). The topological polar surface area (TPSA) is 101 Å². The second-order valence-electron chi connectivity index (χ2n) is 4.10. The molecule has 0 bridgehead atoms. The number of pyridine rings is 1. The maximum Gasteiger partial charge on any atom is 0.328 e. The second-order valence-corrected chi connectivity index (χ2v) is 4.10. The molecule has 0 amide bonds. The highest BCUT2D eigenvalue weighted by molar-refractivity contribution is 5.64. The van der Waals surface area contributed by atoms with Gasteiger partial charge in [0, 0.05) is 19.3 Å². The molecule has 7 nitrogen and oxygen atoms in total. The van der Waals surface area contributed by atoms with E-state index < -0.39 is 4.92 Å². The number of ether oxygens (including phenoxy) is 1. The number of hydrogen-bond donors (Lipinski definition) is 1. The number of methoxy groups -OCH3 is 1. The number of hydrogen-bond acceptors (Lipinski definition) is 6. The van der Waals surface area contributed by atoms with E-state index in [4.69, 9.17) is 10.00 Å². The van der Waals surface area contributed by atoms with Crippen molar-refractivity contribution in [2.45, 2.75) is 25.0 Å². The molecule has 1 aromatic rings. The predicted octanol–water partition coefficient (Wildman–Crippen LogP) is 1.45. The minimum Gasteiger partial charge on any atom is -0.381 e. The molecule has 0 atom stereocenters. The Labute approximate surface area is 104 Å².